The average Bonchev–Trinajstić information content (AvgIpc) is 3.37. The zero-order chi connectivity index (χ0) is 37.1. The summed E-state index contributed by atoms with van der Waals surface area (Å²) in [6, 6.07) is 2.21. The lowest BCUT2D eigenvalue weighted by Gasteiger charge is -2.35. The number of fused-ring (bicyclic) bond motifs is 3. The Kier molecular flexibility index (Phi) is 11.4. The third-order valence-corrected chi connectivity index (χ3v) is 9.79. The van der Waals surface area contributed by atoms with Crippen molar-refractivity contribution in [2.24, 2.45) is 5.92 Å². The van der Waals surface area contributed by atoms with Crippen molar-refractivity contribution in [2.45, 2.75) is 128 Å². The van der Waals surface area contributed by atoms with E-state index >= 15 is 0 Å². The van der Waals surface area contributed by atoms with E-state index in [-0.39, 0.29) is 51.9 Å². The molecule has 14 heteroatoms. The fourth-order valence-corrected chi connectivity index (χ4v) is 7.23. The van der Waals surface area contributed by atoms with Crippen LogP contribution in [0.15, 0.2) is 30.4 Å². The molecule has 0 spiro atoms. The molecule has 3 aliphatic heterocycles. The van der Waals surface area contributed by atoms with Gasteiger partial charge in [0.2, 0.25) is 11.8 Å². The molecule has 5 atom stereocenters. The number of hydrogen-bond donors (Lipinski definition) is 1. The third-order valence-electron chi connectivity index (χ3n) is 9.79. The largest absolute Gasteiger partial charge is 0.464 e. The summed E-state index contributed by atoms with van der Waals surface area (Å²) in [6.45, 7) is 8.26. The number of halogens is 1. The van der Waals surface area contributed by atoms with Gasteiger partial charge in [0.25, 0.3) is 5.91 Å². The lowest BCUT2D eigenvalue weighted by atomic mass is 10.0. The molecule has 1 aromatic rings. The highest BCUT2D eigenvalue weighted by atomic mass is 19.1. The minimum atomic E-state index is -1.58. The van der Waals surface area contributed by atoms with E-state index in [4.69, 9.17) is 14.2 Å². The predicted molar refractivity (Wildman–Crippen MR) is 181 cm³/mol. The summed E-state index contributed by atoms with van der Waals surface area (Å²) in [7, 11) is 0. The minimum Gasteiger partial charge on any atom is -0.464 e. The van der Waals surface area contributed by atoms with E-state index in [1.54, 1.807) is 46.8 Å². The van der Waals surface area contributed by atoms with Gasteiger partial charge >= 0.3 is 18.2 Å². The number of nitrogens with zero attached hydrogens (tertiary/aromatic N) is 3. The normalized spacial score (nSPS) is 27.3. The predicted octanol–water partition coefficient (Wildman–Crippen LogP) is 4.75. The number of imide groups is 1. The Morgan fingerprint density at radius 1 is 1.04 bits per heavy atom. The molecule has 5 amide bonds. The maximum atomic E-state index is 14.7. The number of benzene rings is 1. The highest BCUT2D eigenvalue weighted by molar-refractivity contribution is 6.06. The first-order valence-corrected chi connectivity index (χ1v) is 17.9. The molecule has 0 radical (unpaired) electrons. The highest BCUT2D eigenvalue weighted by Crippen LogP contribution is 2.52. The van der Waals surface area contributed by atoms with Crippen LogP contribution in [-0.2, 0) is 46.5 Å². The van der Waals surface area contributed by atoms with Crippen molar-refractivity contribution in [1.29, 1.82) is 0 Å². The lowest BCUT2D eigenvalue weighted by molar-refractivity contribution is -0.166. The van der Waals surface area contributed by atoms with Crippen LogP contribution in [0.4, 0.5) is 14.0 Å². The Balaban J connectivity index is 1.48. The summed E-state index contributed by atoms with van der Waals surface area (Å²) >= 11 is 0. The van der Waals surface area contributed by atoms with Crippen molar-refractivity contribution in [3.8, 4) is 0 Å². The van der Waals surface area contributed by atoms with Crippen molar-refractivity contribution < 1.29 is 47.4 Å². The molecule has 0 bridgehead atoms. The van der Waals surface area contributed by atoms with Crippen LogP contribution in [-0.4, -0.2) is 93.1 Å². The van der Waals surface area contributed by atoms with Crippen molar-refractivity contribution in [1.82, 2.24) is 20.0 Å². The molecule has 3 heterocycles. The van der Waals surface area contributed by atoms with Gasteiger partial charge in [-0.1, -0.05) is 44.1 Å². The van der Waals surface area contributed by atoms with Crippen LogP contribution in [0.3, 0.4) is 0 Å². The van der Waals surface area contributed by atoms with Gasteiger partial charge < -0.3 is 24.4 Å². The van der Waals surface area contributed by atoms with Crippen LogP contribution in [0.1, 0.15) is 97.1 Å². The van der Waals surface area contributed by atoms with Gasteiger partial charge in [0.1, 0.15) is 29.6 Å². The Labute approximate surface area is 297 Å². The Hall–Kier alpha value is -4.49. The second-order valence-electron chi connectivity index (χ2n) is 14.6. The Morgan fingerprint density at radius 3 is 2.49 bits per heavy atom. The maximum absolute atomic E-state index is 14.7. The summed E-state index contributed by atoms with van der Waals surface area (Å²) in [5.74, 6) is -3.62. The van der Waals surface area contributed by atoms with Gasteiger partial charge in [-0.15, -0.1) is 0 Å². The van der Waals surface area contributed by atoms with Gasteiger partial charge in [0.15, 0.2) is 5.54 Å². The number of alkyl carbamates (subject to hydrolysis) is 1. The number of rotatable bonds is 5. The Morgan fingerprint density at radius 2 is 1.80 bits per heavy atom. The molecule has 1 saturated heterocycles. The second-order valence-corrected chi connectivity index (χ2v) is 14.6. The molecule has 0 aromatic heterocycles. The standard InChI is InChI=1S/C37H49FN4O9/c1-6-30(43)42-32(45)29-18-25(50-35(48)40-20-23-14-13-16-27(38)26(23)22-40)21-41(29)31(44)28(39-34(47)51-36(3,4)5)17-12-10-8-9-11-15-24-19-37(24,42)33(46)49-7-2/h11,13-16,24-25,28-29H,6-10,12,17-22H2,1-5H3,(H,39,47)/b15-11-/t24-,25+,28-,29-,37+/m0/s1. The van der Waals surface area contributed by atoms with Crippen LogP contribution in [0.5, 0.6) is 0 Å². The van der Waals surface area contributed by atoms with Gasteiger partial charge in [-0.05, 0) is 65.0 Å². The van der Waals surface area contributed by atoms with E-state index in [1.807, 2.05) is 12.2 Å². The average molecular weight is 713 g/mol. The van der Waals surface area contributed by atoms with Gasteiger partial charge in [-0.3, -0.25) is 24.2 Å². The monoisotopic (exact) mass is 712 g/mol. The molecular formula is C37H49FN4O9. The number of allylic oxidation sites excluding steroid dienone is 1. The molecular weight excluding hydrogens is 663 g/mol. The molecule has 5 rings (SSSR count). The summed E-state index contributed by atoms with van der Waals surface area (Å²) in [5.41, 5.74) is -1.38. The Bertz CT molecular complexity index is 1570. The number of carbonyl (C=O) groups excluding carboxylic acids is 6. The van der Waals surface area contributed by atoms with Gasteiger partial charge in [0, 0.05) is 30.9 Å². The molecule has 2 fully saturated rings. The first kappa shape index (κ1) is 37.8. The highest BCUT2D eigenvalue weighted by Gasteiger charge is 2.68. The van der Waals surface area contributed by atoms with Crippen LogP contribution < -0.4 is 5.32 Å². The third kappa shape index (κ3) is 8.20. The SMILES string of the molecule is CCOC(=O)[C@@]12C[C@@H]1/C=C\CCCCC[C@H](NC(=O)OC(C)(C)C)C(=O)N1C[C@H](OC(=O)N3Cc4cccc(F)c4C3)C[C@H]1C(=O)N2C(=O)CC. The molecule has 1 N–H and O–H groups in total. The molecule has 278 valence electrons. The fraction of sp³-hybridized carbons (Fsp3) is 0.622. The van der Waals surface area contributed by atoms with Crippen LogP contribution in [0, 0.1) is 11.7 Å². The van der Waals surface area contributed by atoms with E-state index in [1.165, 1.54) is 15.9 Å². The molecule has 1 saturated carbocycles. The molecule has 0 unspecified atom stereocenters. The van der Waals surface area contributed by atoms with Crippen molar-refractivity contribution in [3.63, 3.8) is 0 Å². The van der Waals surface area contributed by atoms with Crippen LogP contribution >= 0.6 is 0 Å². The van der Waals surface area contributed by atoms with E-state index in [2.05, 4.69) is 5.32 Å². The first-order valence-electron chi connectivity index (χ1n) is 17.9. The topological polar surface area (TPSA) is 152 Å². The smallest absolute Gasteiger partial charge is 0.410 e. The lowest BCUT2D eigenvalue weighted by Crippen LogP contribution is -2.59. The molecule has 1 aromatic carbocycles. The quantitative estimate of drug-likeness (QED) is 0.259. The first-order chi connectivity index (χ1) is 24.2. The number of nitrogens with one attached hydrogen (secondary N) is 1. The van der Waals surface area contributed by atoms with E-state index in [0.29, 0.717) is 24.0 Å². The van der Waals surface area contributed by atoms with E-state index < -0.39 is 76.9 Å². The molecule has 4 aliphatic rings. The summed E-state index contributed by atoms with van der Waals surface area (Å²) < 4.78 is 31.2. The number of carbonyl (C=O) groups is 6. The summed E-state index contributed by atoms with van der Waals surface area (Å²) in [4.78, 5) is 86.4. The van der Waals surface area contributed by atoms with Gasteiger partial charge in [-0.2, -0.15) is 0 Å². The molecule has 51 heavy (non-hydrogen) atoms. The fourth-order valence-electron chi connectivity index (χ4n) is 7.23. The van der Waals surface area contributed by atoms with E-state index in [0.717, 1.165) is 17.7 Å². The van der Waals surface area contributed by atoms with Crippen molar-refractivity contribution in [3.05, 3.63) is 47.3 Å². The maximum Gasteiger partial charge on any atom is 0.410 e. The van der Waals surface area contributed by atoms with Gasteiger partial charge in [0.05, 0.1) is 19.7 Å². The summed E-state index contributed by atoms with van der Waals surface area (Å²) in [5, 5.41) is 2.68. The van der Waals surface area contributed by atoms with E-state index in [9.17, 15) is 33.2 Å². The minimum absolute atomic E-state index is 0.00378. The van der Waals surface area contributed by atoms with Crippen LogP contribution in [0.25, 0.3) is 0 Å². The number of hydrogen-bond acceptors (Lipinski definition) is 9. The van der Waals surface area contributed by atoms with Crippen molar-refractivity contribution in [2.75, 3.05) is 13.2 Å². The molecule has 13 nitrogen and oxygen atoms in total. The van der Waals surface area contributed by atoms with Gasteiger partial charge in [-0.25, -0.2) is 18.8 Å². The summed E-state index contributed by atoms with van der Waals surface area (Å²) in [6.07, 6.45) is 4.16. The zero-order valence-corrected chi connectivity index (χ0v) is 30.1. The zero-order valence-electron chi connectivity index (χ0n) is 30.1. The number of ether oxygens (including phenoxy) is 3. The molecule has 1 aliphatic carbocycles. The number of amides is 5. The number of esters is 1. The second kappa shape index (κ2) is 15.4. The van der Waals surface area contributed by atoms with Crippen molar-refractivity contribution >= 4 is 35.9 Å². The van der Waals surface area contributed by atoms with Crippen LogP contribution in [0.2, 0.25) is 0 Å².